The molecule has 0 radical (unpaired) electrons. The van der Waals surface area contributed by atoms with Crippen LogP contribution < -0.4 is 10.5 Å². The maximum atomic E-state index is 10.6. The number of ether oxygens (including phenoxy) is 1. The van der Waals surface area contributed by atoms with Gasteiger partial charge in [0.2, 0.25) is 5.91 Å². The monoisotopic (exact) mass is 207 g/mol. The zero-order valence-corrected chi connectivity index (χ0v) is 9.19. The molecule has 15 heavy (non-hydrogen) atoms. The SMILES string of the molecule is CC(C)Oc1cccc(CCC(N)=O)c1. The van der Waals surface area contributed by atoms with E-state index >= 15 is 0 Å². The van der Waals surface area contributed by atoms with Crippen molar-refractivity contribution in [3.8, 4) is 5.75 Å². The number of amides is 1. The summed E-state index contributed by atoms with van der Waals surface area (Å²) in [7, 11) is 0. The highest BCUT2D eigenvalue weighted by atomic mass is 16.5. The lowest BCUT2D eigenvalue weighted by atomic mass is 10.1. The summed E-state index contributed by atoms with van der Waals surface area (Å²) < 4.78 is 5.55. The molecule has 1 aromatic carbocycles. The van der Waals surface area contributed by atoms with E-state index < -0.39 is 0 Å². The third kappa shape index (κ3) is 4.49. The Balaban J connectivity index is 2.61. The molecule has 1 aromatic rings. The second-order valence-electron chi connectivity index (χ2n) is 3.78. The first-order valence-corrected chi connectivity index (χ1v) is 5.12. The molecule has 0 aliphatic carbocycles. The molecule has 0 spiro atoms. The van der Waals surface area contributed by atoms with Crippen molar-refractivity contribution in [3.63, 3.8) is 0 Å². The fourth-order valence-corrected chi connectivity index (χ4v) is 1.31. The average Bonchev–Trinajstić information content (AvgIpc) is 2.14. The van der Waals surface area contributed by atoms with Crippen molar-refractivity contribution >= 4 is 5.91 Å². The van der Waals surface area contributed by atoms with Crippen molar-refractivity contribution < 1.29 is 9.53 Å². The van der Waals surface area contributed by atoms with Crippen molar-refractivity contribution in [2.45, 2.75) is 32.8 Å². The minimum Gasteiger partial charge on any atom is -0.491 e. The summed E-state index contributed by atoms with van der Waals surface area (Å²) in [5.41, 5.74) is 6.16. The smallest absolute Gasteiger partial charge is 0.217 e. The molecule has 0 bridgehead atoms. The number of carbonyl (C=O) groups excluding carboxylic acids is 1. The van der Waals surface area contributed by atoms with Gasteiger partial charge in [0.25, 0.3) is 0 Å². The number of hydrogen-bond acceptors (Lipinski definition) is 2. The van der Waals surface area contributed by atoms with Crippen molar-refractivity contribution in [2.75, 3.05) is 0 Å². The quantitative estimate of drug-likeness (QED) is 0.801. The number of aryl methyl sites for hydroxylation is 1. The zero-order valence-electron chi connectivity index (χ0n) is 9.19. The molecule has 0 heterocycles. The predicted octanol–water partition coefficient (Wildman–Crippen LogP) is 1.89. The molecule has 0 aliphatic heterocycles. The summed E-state index contributed by atoms with van der Waals surface area (Å²) in [5.74, 6) is 0.567. The Kier molecular flexibility index (Phi) is 4.16. The Morgan fingerprint density at radius 2 is 2.20 bits per heavy atom. The first kappa shape index (κ1) is 11.6. The average molecular weight is 207 g/mol. The Hall–Kier alpha value is -1.51. The van der Waals surface area contributed by atoms with Gasteiger partial charge in [0.15, 0.2) is 0 Å². The molecule has 0 unspecified atom stereocenters. The molecule has 3 heteroatoms. The summed E-state index contributed by atoms with van der Waals surface area (Å²) in [6.45, 7) is 3.96. The molecule has 2 N–H and O–H groups in total. The highest BCUT2D eigenvalue weighted by Gasteiger charge is 2.01. The third-order valence-electron chi connectivity index (χ3n) is 1.93. The van der Waals surface area contributed by atoms with E-state index in [1.165, 1.54) is 0 Å². The van der Waals surface area contributed by atoms with Crippen LogP contribution >= 0.6 is 0 Å². The highest BCUT2D eigenvalue weighted by molar-refractivity contribution is 5.74. The molecule has 0 aliphatic rings. The molecule has 1 rings (SSSR count). The minimum absolute atomic E-state index is 0.163. The molecule has 0 saturated carbocycles. The van der Waals surface area contributed by atoms with Gasteiger partial charge in [-0.3, -0.25) is 4.79 Å². The fourth-order valence-electron chi connectivity index (χ4n) is 1.31. The summed E-state index contributed by atoms with van der Waals surface area (Å²) in [6, 6.07) is 7.75. The molecule has 3 nitrogen and oxygen atoms in total. The van der Waals surface area contributed by atoms with E-state index in [0.29, 0.717) is 12.8 Å². The molecule has 0 aromatic heterocycles. The van der Waals surface area contributed by atoms with Crippen LogP contribution in [0.4, 0.5) is 0 Å². The Labute approximate surface area is 90.2 Å². The molecule has 82 valence electrons. The maximum absolute atomic E-state index is 10.6. The van der Waals surface area contributed by atoms with Gasteiger partial charge in [0.05, 0.1) is 6.10 Å². The van der Waals surface area contributed by atoms with Gasteiger partial charge in [-0.1, -0.05) is 12.1 Å². The molecule has 1 amide bonds. The second kappa shape index (κ2) is 5.39. The van der Waals surface area contributed by atoms with Gasteiger partial charge < -0.3 is 10.5 Å². The van der Waals surface area contributed by atoms with Crippen LogP contribution in [0.1, 0.15) is 25.8 Å². The van der Waals surface area contributed by atoms with Crippen LogP contribution in [0, 0.1) is 0 Å². The van der Waals surface area contributed by atoms with Crippen molar-refractivity contribution in [1.29, 1.82) is 0 Å². The standard InChI is InChI=1S/C12H17NO2/c1-9(2)15-11-5-3-4-10(8-11)6-7-12(13)14/h3-5,8-9H,6-7H2,1-2H3,(H2,13,14). The van der Waals surface area contributed by atoms with E-state index in [9.17, 15) is 4.79 Å². The van der Waals surface area contributed by atoms with E-state index in [4.69, 9.17) is 10.5 Å². The first-order chi connectivity index (χ1) is 7.08. The minimum atomic E-state index is -0.273. The van der Waals surface area contributed by atoms with Gasteiger partial charge in [-0.15, -0.1) is 0 Å². The number of carbonyl (C=O) groups is 1. The predicted molar refractivity (Wildman–Crippen MR) is 59.7 cm³/mol. The van der Waals surface area contributed by atoms with Crippen LogP contribution in [-0.4, -0.2) is 12.0 Å². The van der Waals surface area contributed by atoms with Gasteiger partial charge >= 0.3 is 0 Å². The number of rotatable bonds is 5. The lowest BCUT2D eigenvalue weighted by molar-refractivity contribution is -0.117. The highest BCUT2D eigenvalue weighted by Crippen LogP contribution is 2.15. The van der Waals surface area contributed by atoms with Gasteiger partial charge in [-0.05, 0) is 38.0 Å². The van der Waals surface area contributed by atoms with Crippen LogP contribution in [0.25, 0.3) is 0 Å². The summed E-state index contributed by atoms with van der Waals surface area (Å²) >= 11 is 0. The lowest BCUT2D eigenvalue weighted by Gasteiger charge is -2.10. The zero-order chi connectivity index (χ0) is 11.3. The van der Waals surface area contributed by atoms with Crippen molar-refractivity contribution in [1.82, 2.24) is 0 Å². The lowest BCUT2D eigenvalue weighted by Crippen LogP contribution is -2.11. The van der Waals surface area contributed by atoms with Crippen LogP contribution in [0.3, 0.4) is 0 Å². The fraction of sp³-hybridized carbons (Fsp3) is 0.417. The number of primary amides is 1. The maximum Gasteiger partial charge on any atom is 0.217 e. The van der Waals surface area contributed by atoms with E-state index in [1.54, 1.807) is 0 Å². The molecular formula is C12H17NO2. The molecule has 0 saturated heterocycles. The van der Waals surface area contributed by atoms with E-state index in [2.05, 4.69) is 0 Å². The molecular weight excluding hydrogens is 190 g/mol. The third-order valence-corrected chi connectivity index (χ3v) is 1.93. The van der Waals surface area contributed by atoms with Crippen LogP contribution in [0.5, 0.6) is 5.75 Å². The largest absolute Gasteiger partial charge is 0.491 e. The number of benzene rings is 1. The second-order valence-corrected chi connectivity index (χ2v) is 3.78. The summed E-state index contributed by atoms with van der Waals surface area (Å²) in [5, 5.41) is 0. The Morgan fingerprint density at radius 3 is 2.80 bits per heavy atom. The Bertz CT molecular complexity index is 334. The molecule has 0 fully saturated rings. The van der Waals surface area contributed by atoms with Gasteiger partial charge in [-0.2, -0.15) is 0 Å². The van der Waals surface area contributed by atoms with E-state index in [1.807, 2.05) is 38.1 Å². The van der Waals surface area contributed by atoms with Gasteiger partial charge in [0, 0.05) is 6.42 Å². The van der Waals surface area contributed by atoms with Crippen LogP contribution in [-0.2, 0) is 11.2 Å². The van der Waals surface area contributed by atoms with Gasteiger partial charge in [0.1, 0.15) is 5.75 Å². The van der Waals surface area contributed by atoms with E-state index in [0.717, 1.165) is 11.3 Å². The first-order valence-electron chi connectivity index (χ1n) is 5.12. The Morgan fingerprint density at radius 1 is 1.47 bits per heavy atom. The topological polar surface area (TPSA) is 52.3 Å². The van der Waals surface area contributed by atoms with Gasteiger partial charge in [-0.25, -0.2) is 0 Å². The van der Waals surface area contributed by atoms with Crippen molar-refractivity contribution in [3.05, 3.63) is 29.8 Å². The number of hydrogen-bond donors (Lipinski definition) is 1. The van der Waals surface area contributed by atoms with Crippen LogP contribution in [0.15, 0.2) is 24.3 Å². The number of nitrogens with two attached hydrogens (primary N) is 1. The summed E-state index contributed by atoms with van der Waals surface area (Å²) in [6.07, 6.45) is 1.21. The van der Waals surface area contributed by atoms with Crippen molar-refractivity contribution in [2.24, 2.45) is 5.73 Å². The van der Waals surface area contributed by atoms with E-state index in [-0.39, 0.29) is 12.0 Å². The normalized spacial score (nSPS) is 10.3. The summed E-state index contributed by atoms with van der Waals surface area (Å²) in [4.78, 5) is 10.6. The molecule has 0 atom stereocenters. The van der Waals surface area contributed by atoms with Crippen LogP contribution in [0.2, 0.25) is 0 Å².